The van der Waals surface area contributed by atoms with Crippen LogP contribution in [0.4, 0.5) is 0 Å². The zero-order chi connectivity index (χ0) is 70.4. The molecule has 0 bridgehead atoms. The van der Waals surface area contributed by atoms with Crippen LogP contribution in [0, 0.1) is 0 Å². The summed E-state index contributed by atoms with van der Waals surface area (Å²) in [5, 5.41) is 10.6. The van der Waals surface area contributed by atoms with E-state index in [1.807, 2.05) is 0 Å². The quantitative estimate of drug-likeness (QED) is 0.0169. The second kappa shape index (κ2) is 69.0. The van der Waals surface area contributed by atoms with Crippen molar-refractivity contribution in [1.82, 2.24) is 0 Å². The van der Waals surface area contributed by atoms with Crippen LogP contribution in [0.5, 0.6) is 0 Å². The molecule has 0 aliphatic carbocycles. The molecular formula is C77H130O17P2. The third-order valence-electron chi connectivity index (χ3n) is 14.9. The van der Waals surface area contributed by atoms with Crippen molar-refractivity contribution in [1.29, 1.82) is 0 Å². The highest BCUT2D eigenvalue weighted by Crippen LogP contribution is 2.45. The smallest absolute Gasteiger partial charge is 0.462 e. The number of unbranched alkanes of at least 4 members (excludes halogenated alkanes) is 22. The minimum atomic E-state index is -4.98. The molecule has 5 unspecified atom stereocenters. The van der Waals surface area contributed by atoms with Gasteiger partial charge in [0, 0.05) is 25.7 Å². The van der Waals surface area contributed by atoms with Gasteiger partial charge < -0.3 is 33.8 Å². The lowest BCUT2D eigenvalue weighted by Crippen LogP contribution is -2.30. The number of phosphoric acid groups is 2. The molecule has 0 radical (unpaired) electrons. The van der Waals surface area contributed by atoms with E-state index in [1.54, 1.807) is 0 Å². The number of ether oxygens (including phenoxy) is 4. The molecule has 3 N–H and O–H groups in total. The van der Waals surface area contributed by atoms with Crippen molar-refractivity contribution in [3.8, 4) is 0 Å². The van der Waals surface area contributed by atoms with E-state index in [0.29, 0.717) is 25.7 Å². The van der Waals surface area contributed by atoms with Gasteiger partial charge in [-0.05, 0) is 128 Å². The summed E-state index contributed by atoms with van der Waals surface area (Å²) in [5.74, 6) is -2.27. The first-order valence-electron chi connectivity index (χ1n) is 36.8. The third kappa shape index (κ3) is 68.0. The summed E-state index contributed by atoms with van der Waals surface area (Å²) in [6.07, 6.45) is 73.6. The number of hydrogen-bond donors (Lipinski definition) is 3. The topological polar surface area (TPSA) is 237 Å². The van der Waals surface area contributed by atoms with Crippen LogP contribution in [0.2, 0.25) is 0 Å². The minimum absolute atomic E-state index is 0.0730. The average Bonchev–Trinajstić information content (AvgIpc) is 1.15. The SMILES string of the molecule is CC/C=C\C/C=C\C/C=C\C/C=C\C/C=C\CCCCCC(=O)OCC(COP(=O)(O)OCC(O)COP(=O)(O)OCC(COC(=O)CCCC/C=C\C/C=C\C/C=C\C/C=C\CC)OC(=O)CCCCCCC/C=C\CCCC)OC(=O)CCCCCCCCCCCCC. The molecule has 0 amide bonds. The Bertz CT molecular complexity index is 2300. The van der Waals surface area contributed by atoms with Crippen LogP contribution < -0.4 is 0 Å². The van der Waals surface area contributed by atoms with E-state index in [1.165, 1.54) is 51.4 Å². The lowest BCUT2D eigenvalue weighted by molar-refractivity contribution is -0.161. The number of esters is 4. The van der Waals surface area contributed by atoms with Crippen LogP contribution in [0.25, 0.3) is 0 Å². The second-order valence-corrected chi connectivity index (χ2v) is 27.0. The van der Waals surface area contributed by atoms with Crippen molar-refractivity contribution >= 4 is 39.5 Å². The maximum absolute atomic E-state index is 13.0. The van der Waals surface area contributed by atoms with E-state index in [0.717, 1.165) is 154 Å². The van der Waals surface area contributed by atoms with E-state index in [2.05, 4.69) is 149 Å². The number of allylic oxidation sites excluding steroid dienone is 20. The molecule has 0 aromatic rings. The summed E-state index contributed by atoms with van der Waals surface area (Å²) in [5.41, 5.74) is 0. The number of rotatable bonds is 68. The first-order chi connectivity index (χ1) is 46.7. The molecule has 0 aromatic heterocycles. The van der Waals surface area contributed by atoms with Crippen molar-refractivity contribution < 1.29 is 80.2 Å². The highest BCUT2D eigenvalue weighted by molar-refractivity contribution is 7.47. The number of carbonyl (C=O) groups excluding carboxylic acids is 4. The van der Waals surface area contributed by atoms with Gasteiger partial charge in [0.2, 0.25) is 0 Å². The Morgan fingerprint density at radius 3 is 0.906 bits per heavy atom. The summed E-state index contributed by atoms with van der Waals surface area (Å²) >= 11 is 0. The zero-order valence-corrected chi connectivity index (χ0v) is 61.5. The van der Waals surface area contributed by atoms with Gasteiger partial charge in [-0.15, -0.1) is 0 Å². The van der Waals surface area contributed by atoms with Crippen molar-refractivity contribution in [2.45, 2.75) is 303 Å². The summed E-state index contributed by atoms with van der Waals surface area (Å²) in [7, 11) is -9.96. The first kappa shape index (κ1) is 91.5. The lowest BCUT2D eigenvalue weighted by Gasteiger charge is -2.21. The van der Waals surface area contributed by atoms with Gasteiger partial charge in [0.15, 0.2) is 12.2 Å². The molecule has 5 atom stereocenters. The average molecular weight is 1390 g/mol. The highest BCUT2D eigenvalue weighted by atomic mass is 31.2. The predicted octanol–water partition coefficient (Wildman–Crippen LogP) is 20.8. The number of aliphatic hydroxyl groups excluding tert-OH is 1. The molecule has 0 aromatic carbocycles. The Morgan fingerprint density at radius 1 is 0.302 bits per heavy atom. The summed E-state index contributed by atoms with van der Waals surface area (Å²) in [6.45, 7) is 4.49. The molecule has 550 valence electrons. The van der Waals surface area contributed by atoms with E-state index in [-0.39, 0.29) is 25.7 Å². The fourth-order valence-electron chi connectivity index (χ4n) is 9.33. The van der Waals surface area contributed by atoms with Crippen molar-refractivity contribution in [2.24, 2.45) is 0 Å². The number of phosphoric ester groups is 2. The molecule has 0 rings (SSSR count). The molecule has 0 fully saturated rings. The molecule has 96 heavy (non-hydrogen) atoms. The molecule has 17 nitrogen and oxygen atoms in total. The van der Waals surface area contributed by atoms with Gasteiger partial charge in [0.05, 0.1) is 26.4 Å². The van der Waals surface area contributed by atoms with Crippen LogP contribution in [0.1, 0.15) is 285 Å². The van der Waals surface area contributed by atoms with Crippen molar-refractivity contribution in [3.05, 3.63) is 122 Å². The summed E-state index contributed by atoms with van der Waals surface area (Å²) in [6, 6.07) is 0. The summed E-state index contributed by atoms with van der Waals surface area (Å²) < 4.78 is 68.2. The van der Waals surface area contributed by atoms with E-state index in [9.17, 15) is 43.2 Å². The summed E-state index contributed by atoms with van der Waals surface area (Å²) in [4.78, 5) is 72.6. The van der Waals surface area contributed by atoms with Crippen LogP contribution >= 0.6 is 15.6 Å². The Balaban J connectivity index is 5.35. The Hall–Kier alpha value is -4.54. The monoisotopic (exact) mass is 1390 g/mol. The molecule has 0 saturated carbocycles. The van der Waals surface area contributed by atoms with Gasteiger partial charge in [-0.25, -0.2) is 9.13 Å². The van der Waals surface area contributed by atoms with Crippen LogP contribution in [-0.2, 0) is 65.4 Å². The maximum atomic E-state index is 13.0. The van der Waals surface area contributed by atoms with E-state index < -0.39 is 97.5 Å². The first-order valence-corrected chi connectivity index (χ1v) is 39.8. The Morgan fingerprint density at radius 2 is 0.552 bits per heavy atom. The van der Waals surface area contributed by atoms with Gasteiger partial charge in [-0.3, -0.25) is 37.3 Å². The Labute approximate surface area is 581 Å². The van der Waals surface area contributed by atoms with Crippen LogP contribution in [0.3, 0.4) is 0 Å². The van der Waals surface area contributed by atoms with Gasteiger partial charge >= 0.3 is 39.5 Å². The van der Waals surface area contributed by atoms with Gasteiger partial charge in [0.1, 0.15) is 19.3 Å². The minimum Gasteiger partial charge on any atom is -0.462 e. The molecule has 19 heteroatoms. The van der Waals surface area contributed by atoms with Gasteiger partial charge in [0.25, 0.3) is 0 Å². The van der Waals surface area contributed by atoms with E-state index in [4.69, 9.17) is 37.0 Å². The number of hydrogen-bond acceptors (Lipinski definition) is 15. The van der Waals surface area contributed by atoms with Crippen molar-refractivity contribution in [2.75, 3.05) is 39.6 Å². The van der Waals surface area contributed by atoms with Gasteiger partial charge in [-0.2, -0.15) is 0 Å². The number of aliphatic hydroxyl groups is 1. The molecular weight excluding hydrogens is 1260 g/mol. The molecule has 0 heterocycles. The zero-order valence-electron chi connectivity index (χ0n) is 59.8. The molecule has 0 saturated heterocycles. The maximum Gasteiger partial charge on any atom is 0.472 e. The Kier molecular flexibility index (Phi) is 65.7. The standard InChI is InChI=1S/C77H130O17P2/c1-5-9-13-17-21-25-29-31-33-34-35-36-38-40-44-46-50-54-58-62-75(80)88-68-73(94-77(82)64-60-56-52-48-42-28-24-20-16-12-8-4)70-92-96(85,86)90-66-71(78)65-89-95(83,84)91-69-72(93-76(81)63-59-55-51-47-41-27-23-19-15-11-7-3)67-87-74(79)61-57-53-49-45-43-39-37-32-30-26-22-18-14-10-6-2/h9-10,13-14,19,21-23,25-26,31-33,35-37,40,43-45,71-73,78H,5-8,11-12,15-18,20,24,27-30,34,38-39,41-42,46-70H2,1-4H3,(H,83,84)(H,85,86)/b13-9-,14-10-,23-19-,25-21-,26-22-,33-31-,36-35-,37-32-,44-40-,45-43-. The molecule has 0 aliphatic rings. The van der Waals surface area contributed by atoms with Gasteiger partial charge in [-0.1, -0.05) is 252 Å². The lowest BCUT2D eigenvalue weighted by atomic mass is 10.1. The second-order valence-electron chi connectivity index (χ2n) is 24.1. The highest BCUT2D eigenvalue weighted by Gasteiger charge is 2.30. The largest absolute Gasteiger partial charge is 0.472 e. The molecule has 0 spiro atoms. The van der Waals surface area contributed by atoms with Crippen molar-refractivity contribution in [3.63, 3.8) is 0 Å². The number of carbonyl (C=O) groups is 4. The molecule has 0 aliphatic heterocycles. The van der Waals surface area contributed by atoms with Crippen LogP contribution in [0.15, 0.2) is 122 Å². The van der Waals surface area contributed by atoms with E-state index >= 15 is 0 Å². The van der Waals surface area contributed by atoms with Crippen LogP contribution in [-0.4, -0.2) is 96.7 Å². The predicted molar refractivity (Wildman–Crippen MR) is 390 cm³/mol. The third-order valence-corrected chi connectivity index (χ3v) is 16.8. The fraction of sp³-hybridized carbons (Fsp3) is 0.688. The fourth-order valence-corrected chi connectivity index (χ4v) is 10.9. The normalized spacial score (nSPS) is 14.7.